The van der Waals surface area contributed by atoms with E-state index in [-0.39, 0.29) is 55.4 Å². The number of halogens is 1. The quantitative estimate of drug-likeness (QED) is 0.291. The third kappa shape index (κ3) is 6.81. The number of ether oxygens (including phenoxy) is 2. The van der Waals surface area contributed by atoms with E-state index in [0.29, 0.717) is 93.7 Å². The molecule has 2 N–H and O–H groups in total. The van der Waals surface area contributed by atoms with Crippen molar-refractivity contribution in [2.75, 3.05) is 80.4 Å². The van der Waals surface area contributed by atoms with Crippen molar-refractivity contribution in [3.8, 4) is 0 Å². The van der Waals surface area contributed by atoms with E-state index in [0.717, 1.165) is 0 Å². The highest BCUT2D eigenvalue weighted by Gasteiger charge is 2.32. The van der Waals surface area contributed by atoms with Crippen LogP contribution in [0.3, 0.4) is 0 Å². The summed E-state index contributed by atoms with van der Waals surface area (Å²) in [5, 5.41) is 19.4. The standard InChI is InChI=1S/C26H38ClN7O6/c1-3-39-23(37)17-5-9-32(10-6-17)21-20-19(28-25(27)30-21)22(31-26(29-20)34(13-15-35)14-16-36)33-11-7-18(8-12-33)24(38)40-4-2/h17-18,35-36H,3-16H2,1-2H3. The number of hydrogen-bond acceptors (Lipinski definition) is 13. The van der Waals surface area contributed by atoms with Crippen molar-refractivity contribution in [2.24, 2.45) is 11.8 Å². The van der Waals surface area contributed by atoms with Crippen LogP contribution >= 0.6 is 11.6 Å². The highest BCUT2D eigenvalue weighted by atomic mass is 35.5. The fraction of sp³-hybridized carbons (Fsp3) is 0.692. The molecule has 2 fully saturated rings. The maximum absolute atomic E-state index is 12.3. The number of carbonyl (C=O) groups excluding carboxylic acids is 2. The number of aromatic nitrogens is 4. The molecule has 2 aliphatic heterocycles. The summed E-state index contributed by atoms with van der Waals surface area (Å²) in [6.07, 6.45) is 2.41. The SMILES string of the molecule is CCOC(=O)C1CCN(c2nc(N(CCO)CCO)nc3c(N4CCC(C(=O)OCC)CC4)nc(Cl)nc23)CC1. The molecule has 13 nitrogen and oxygen atoms in total. The first-order valence-corrected chi connectivity index (χ1v) is 14.3. The third-order valence-electron chi connectivity index (χ3n) is 7.32. The molecule has 0 spiro atoms. The maximum atomic E-state index is 12.3. The Morgan fingerprint density at radius 3 is 1.70 bits per heavy atom. The van der Waals surface area contributed by atoms with Crippen LogP contribution in [0.25, 0.3) is 11.0 Å². The summed E-state index contributed by atoms with van der Waals surface area (Å²) in [7, 11) is 0. The third-order valence-corrected chi connectivity index (χ3v) is 7.49. The van der Waals surface area contributed by atoms with E-state index in [4.69, 9.17) is 31.0 Å². The van der Waals surface area contributed by atoms with E-state index >= 15 is 0 Å². The average Bonchev–Trinajstić information content (AvgIpc) is 2.96. The van der Waals surface area contributed by atoms with E-state index in [1.807, 2.05) is 4.90 Å². The van der Waals surface area contributed by atoms with Gasteiger partial charge in [-0.2, -0.15) is 9.97 Å². The van der Waals surface area contributed by atoms with E-state index in [9.17, 15) is 19.8 Å². The Morgan fingerprint density at radius 1 is 0.800 bits per heavy atom. The Hall–Kier alpha value is -3.03. The largest absolute Gasteiger partial charge is 0.466 e. The lowest BCUT2D eigenvalue weighted by Crippen LogP contribution is -2.39. The molecule has 40 heavy (non-hydrogen) atoms. The van der Waals surface area contributed by atoms with Crippen LogP contribution in [0, 0.1) is 11.8 Å². The van der Waals surface area contributed by atoms with Gasteiger partial charge in [-0.25, -0.2) is 9.97 Å². The summed E-state index contributed by atoms with van der Waals surface area (Å²) in [5.74, 6) is 0.684. The van der Waals surface area contributed by atoms with Crippen molar-refractivity contribution in [2.45, 2.75) is 39.5 Å². The summed E-state index contributed by atoms with van der Waals surface area (Å²) in [6.45, 7) is 6.68. The number of aliphatic hydroxyl groups is 2. The average molecular weight is 580 g/mol. The molecule has 0 unspecified atom stereocenters. The van der Waals surface area contributed by atoms with Gasteiger partial charge in [0, 0.05) is 39.3 Å². The predicted molar refractivity (Wildman–Crippen MR) is 150 cm³/mol. The van der Waals surface area contributed by atoms with E-state index in [1.54, 1.807) is 18.7 Å². The second-order valence-corrected chi connectivity index (χ2v) is 10.2. The van der Waals surface area contributed by atoms with Gasteiger partial charge in [0.05, 0.1) is 38.3 Å². The number of piperidine rings is 2. The van der Waals surface area contributed by atoms with Crippen LogP contribution in [0.4, 0.5) is 17.6 Å². The van der Waals surface area contributed by atoms with Gasteiger partial charge in [-0.1, -0.05) is 0 Å². The Balaban J connectivity index is 1.72. The highest BCUT2D eigenvalue weighted by molar-refractivity contribution is 6.29. The van der Waals surface area contributed by atoms with Crippen LogP contribution in [0.1, 0.15) is 39.5 Å². The number of rotatable bonds is 11. The summed E-state index contributed by atoms with van der Waals surface area (Å²) in [6, 6.07) is 0. The lowest BCUT2D eigenvalue weighted by atomic mass is 9.96. The molecule has 14 heteroatoms. The van der Waals surface area contributed by atoms with Gasteiger partial charge in [-0.05, 0) is 51.1 Å². The number of carbonyl (C=O) groups is 2. The molecule has 0 amide bonds. The molecule has 4 heterocycles. The Morgan fingerprint density at radius 2 is 1.25 bits per heavy atom. The van der Waals surface area contributed by atoms with Crippen molar-refractivity contribution in [3.63, 3.8) is 0 Å². The molecular formula is C26H38ClN7O6. The molecule has 2 aliphatic rings. The van der Waals surface area contributed by atoms with Crippen LogP contribution in [0.15, 0.2) is 0 Å². The van der Waals surface area contributed by atoms with Crippen molar-refractivity contribution in [1.29, 1.82) is 0 Å². The van der Waals surface area contributed by atoms with Gasteiger partial charge < -0.3 is 34.4 Å². The van der Waals surface area contributed by atoms with E-state index < -0.39 is 0 Å². The summed E-state index contributed by atoms with van der Waals surface area (Å²) < 4.78 is 10.4. The van der Waals surface area contributed by atoms with Gasteiger partial charge >= 0.3 is 11.9 Å². The molecule has 0 aromatic carbocycles. The van der Waals surface area contributed by atoms with Gasteiger partial charge in [-0.15, -0.1) is 0 Å². The number of hydrogen-bond donors (Lipinski definition) is 2. The van der Waals surface area contributed by atoms with Crippen LogP contribution in [0.5, 0.6) is 0 Å². The number of fused-ring (bicyclic) bond motifs is 1. The molecule has 0 bridgehead atoms. The topological polar surface area (TPSA) is 154 Å². The Labute approximate surface area is 238 Å². The number of aliphatic hydroxyl groups excluding tert-OH is 2. The molecule has 2 aromatic rings. The number of nitrogens with zero attached hydrogens (tertiary/aromatic N) is 7. The van der Waals surface area contributed by atoms with Gasteiger partial charge in [0.25, 0.3) is 0 Å². The van der Waals surface area contributed by atoms with Crippen LogP contribution in [-0.4, -0.2) is 108 Å². The molecule has 4 rings (SSSR count). The van der Waals surface area contributed by atoms with Crippen molar-refractivity contribution >= 4 is 52.2 Å². The Bertz CT molecular complexity index is 1170. The molecule has 0 saturated carbocycles. The first-order chi connectivity index (χ1) is 19.4. The second-order valence-electron chi connectivity index (χ2n) is 9.82. The van der Waals surface area contributed by atoms with Gasteiger partial charge in [-0.3, -0.25) is 9.59 Å². The normalized spacial score (nSPS) is 16.8. The predicted octanol–water partition coefficient (Wildman–Crippen LogP) is 1.42. The van der Waals surface area contributed by atoms with Crippen molar-refractivity contribution in [1.82, 2.24) is 19.9 Å². The molecule has 0 radical (unpaired) electrons. The first kappa shape index (κ1) is 29.9. The fourth-order valence-corrected chi connectivity index (χ4v) is 5.42. The zero-order valence-corrected chi connectivity index (χ0v) is 23.8. The lowest BCUT2D eigenvalue weighted by Gasteiger charge is -2.34. The second kappa shape index (κ2) is 14.0. The molecule has 2 aromatic heterocycles. The Kier molecular flexibility index (Phi) is 10.5. The molecular weight excluding hydrogens is 542 g/mol. The van der Waals surface area contributed by atoms with Crippen LogP contribution in [0.2, 0.25) is 5.28 Å². The number of esters is 2. The zero-order chi connectivity index (χ0) is 28.6. The summed E-state index contributed by atoms with van der Waals surface area (Å²) >= 11 is 6.44. The van der Waals surface area contributed by atoms with Crippen molar-refractivity contribution < 1.29 is 29.3 Å². The smallest absolute Gasteiger partial charge is 0.309 e. The van der Waals surface area contributed by atoms with E-state index in [1.165, 1.54) is 0 Å². The molecule has 0 aliphatic carbocycles. The minimum absolute atomic E-state index is 0.0524. The first-order valence-electron chi connectivity index (χ1n) is 13.9. The zero-order valence-electron chi connectivity index (χ0n) is 23.1. The van der Waals surface area contributed by atoms with Crippen LogP contribution in [-0.2, 0) is 19.1 Å². The minimum Gasteiger partial charge on any atom is -0.466 e. The van der Waals surface area contributed by atoms with E-state index in [2.05, 4.69) is 14.9 Å². The van der Waals surface area contributed by atoms with Gasteiger partial charge in [0.1, 0.15) is 11.0 Å². The fourth-order valence-electron chi connectivity index (χ4n) is 5.26. The molecule has 2 saturated heterocycles. The lowest BCUT2D eigenvalue weighted by molar-refractivity contribution is -0.149. The molecule has 0 atom stereocenters. The summed E-state index contributed by atoms with van der Waals surface area (Å²) in [4.78, 5) is 49.1. The monoisotopic (exact) mass is 579 g/mol. The molecule has 220 valence electrons. The van der Waals surface area contributed by atoms with Gasteiger partial charge in [0.15, 0.2) is 11.6 Å². The highest BCUT2D eigenvalue weighted by Crippen LogP contribution is 2.35. The maximum Gasteiger partial charge on any atom is 0.309 e. The summed E-state index contributed by atoms with van der Waals surface area (Å²) in [5.41, 5.74) is 0.973. The minimum atomic E-state index is -0.189. The van der Waals surface area contributed by atoms with Crippen molar-refractivity contribution in [3.05, 3.63) is 5.28 Å². The van der Waals surface area contributed by atoms with Crippen LogP contribution < -0.4 is 14.7 Å². The van der Waals surface area contributed by atoms with Gasteiger partial charge in [0.2, 0.25) is 11.2 Å². The number of anilines is 3.